The Balaban J connectivity index is 0.00000196. The number of nitrogens with zero attached hydrogens (tertiary/aromatic N) is 1. The van der Waals surface area contributed by atoms with E-state index in [2.05, 4.69) is 0 Å². The first-order chi connectivity index (χ1) is 12.1. The fourth-order valence-corrected chi connectivity index (χ4v) is 7.10. The van der Waals surface area contributed by atoms with E-state index in [1.807, 2.05) is 17.0 Å². The second-order valence-electron chi connectivity index (χ2n) is 8.72. The van der Waals surface area contributed by atoms with Gasteiger partial charge in [-0.1, -0.05) is 11.3 Å². The van der Waals surface area contributed by atoms with Gasteiger partial charge in [-0.25, -0.2) is 4.79 Å². The fraction of sp³-hybridized carbons (Fsp3) is 0.800. The van der Waals surface area contributed by atoms with Gasteiger partial charge in [-0.2, -0.15) is 4.57 Å². The highest BCUT2D eigenvalue weighted by molar-refractivity contribution is 7.09. The van der Waals surface area contributed by atoms with Crippen LogP contribution >= 0.6 is 11.3 Å². The number of carbonyl (C=O) groups is 1. The molecule has 4 aliphatic rings. The summed E-state index contributed by atoms with van der Waals surface area (Å²) in [6.07, 6.45) is 10.2. The number of hydrogen-bond donors (Lipinski definition) is 1. The van der Waals surface area contributed by atoms with Gasteiger partial charge in [0.25, 0.3) is 0 Å². The Bertz CT molecular complexity index is 610. The highest BCUT2D eigenvalue weighted by Crippen LogP contribution is 2.61. The Morgan fingerprint density at radius 1 is 1.27 bits per heavy atom. The average Bonchev–Trinajstić information content (AvgIpc) is 2.87. The van der Waals surface area contributed by atoms with Crippen molar-refractivity contribution in [1.29, 1.82) is 0 Å². The molecule has 0 radical (unpaired) electrons. The summed E-state index contributed by atoms with van der Waals surface area (Å²) in [5.41, 5.74) is 3.51. The Morgan fingerprint density at radius 2 is 1.88 bits per heavy atom. The summed E-state index contributed by atoms with van der Waals surface area (Å²) in [5, 5.41) is 9.07. The van der Waals surface area contributed by atoms with Gasteiger partial charge in [-0.05, 0) is 68.1 Å². The van der Waals surface area contributed by atoms with E-state index in [0.717, 1.165) is 34.7 Å². The van der Waals surface area contributed by atoms with Gasteiger partial charge in [0.05, 0.1) is 11.5 Å². The number of ether oxygens (including phenoxy) is 1. The van der Waals surface area contributed by atoms with Gasteiger partial charge < -0.3 is 22.3 Å². The minimum atomic E-state index is -0.133. The lowest BCUT2D eigenvalue weighted by Gasteiger charge is -2.57. The maximum Gasteiger partial charge on any atom is 0.372 e. The molecule has 6 heteroatoms. The van der Waals surface area contributed by atoms with Crippen LogP contribution < -0.4 is 17.0 Å². The summed E-state index contributed by atoms with van der Waals surface area (Å²) < 4.78 is 7.55. The maximum absolute atomic E-state index is 12.2. The standard InChI is InChI=1S/C20H30NO3S.ClH/c1-14-18(2-4-22)25-13-21(14)12-19(23)24-5-3-20-9-15-6-16(10-20)8-17(7-15)11-20;/h13,15-17,22H,2-12H2,1H3;1H/q+1;/p-1. The van der Waals surface area contributed by atoms with Gasteiger partial charge in [0.1, 0.15) is 0 Å². The number of aliphatic hydroxyl groups is 1. The molecule has 0 spiro atoms. The topological polar surface area (TPSA) is 50.4 Å². The van der Waals surface area contributed by atoms with E-state index < -0.39 is 0 Å². The van der Waals surface area contributed by atoms with Crippen molar-refractivity contribution < 1.29 is 31.6 Å². The number of halogens is 1. The van der Waals surface area contributed by atoms with E-state index in [1.165, 1.54) is 38.5 Å². The van der Waals surface area contributed by atoms with Gasteiger partial charge in [0.15, 0.2) is 5.69 Å². The normalized spacial score (nSPS) is 31.7. The molecular weight excluding hydrogens is 370 g/mol. The molecule has 0 amide bonds. The molecule has 4 bridgehead atoms. The SMILES string of the molecule is Cc1c(CCO)sc[n+]1CC(=O)OCCC12CC3CC(CC(C3)C1)C2.[Cl-]. The molecule has 0 aromatic carbocycles. The van der Waals surface area contributed by atoms with E-state index in [0.29, 0.717) is 18.4 Å². The van der Waals surface area contributed by atoms with E-state index in [1.54, 1.807) is 11.3 Å². The molecule has 0 aliphatic heterocycles. The van der Waals surface area contributed by atoms with Crippen LogP contribution in [0.5, 0.6) is 0 Å². The quantitative estimate of drug-likeness (QED) is 0.520. The van der Waals surface area contributed by atoms with Gasteiger partial charge in [-0.15, -0.1) is 0 Å². The van der Waals surface area contributed by atoms with Crippen molar-refractivity contribution in [2.75, 3.05) is 13.2 Å². The van der Waals surface area contributed by atoms with Crippen molar-refractivity contribution in [3.8, 4) is 0 Å². The Hall–Kier alpha value is -0.650. The number of aliphatic hydroxyl groups excluding tert-OH is 1. The summed E-state index contributed by atoms with van der Waals surface area (Å²) in [7, 11) is 0. The third-order valence-corrected chi connectivity index (χ3v) is 8.00. The molecule has 4 nitrogen and oxygen atoms in total. The smallest absolute Gasteiger partial charge is 0.372 e. The van der Waals surface area contributed by atoms with Crippen molar-refractivity contribution in [2.24, 2.45) is 23.2 Å². The number of esters is 1. The molecule has 5 rings (SSSR count). The monoisotopic (exact) mass is 399 g/mol. The third-order valence-electron chi connectivity index (χ3n) is 6.86. The van der Waals surface area contributed by atoms with Crippen LogP contribution in [0.15, 0.2) is 5.51 Å². The van der Waals surface area contributed by atoms with Gasteiger partial charge >= 0.3 is 5.97 Å². The van der Waals surface area contributed by atoms with Crippen LogP contribution in [0.4, 0.5) is 0 Å². The first-order valence-electron chi connectivity index (χ1n) is 9.80. The van der Waals surface area contributed by atoms with Gasteiger partial charge in [0, 0.05) is 20.0 Å². The van der Waals surface area contributed by atoms with Crippen LogP contribution in [0.3, 0.4) is 0 Å². The molecule has 1 aromatic heterocycles. The third kappa shape index (κ3) is 4.10. The lowest BCUT2D eigenvalue weighted by Crippen LogP contribution is -3.00. The molecular formula is C20H30ClNO3S. The van der Waals surface area contributed by atoms with Crippen molar-refractivity contribution in [2.45, 2.75) is 64.8 Å². The first-order valence-corrected chi connectivity index (χ1v) is 10.7. The molecule has 1 N–H and O–H groups in total. The van der Waals surface area contributed by atoms with E-state index in [4.69, 9.17) is 9.84 Å². The summed E-state index contributed by atoms with van der Waals surface area (Å²) in [6, 6.07) is 0. The van der Waals surface area contributed by atoms with E-state index in [9.17, 15) is 4.79 Å². The molecule has 26 heavy (non-hydrogen) atoms. The number of hydrogen-bond acceptors (Lipinski definition) is 4. The van der Waals surface area contributed by atoms with Crippen LogP contribution in [0, 0.1) is 30.1 Å². The van der Waals surface area contributed by atoms with Crippen molar-refractivity contribution in [3.63, 3.8) is 0 Å². The van der Waals surface area contributed by atoms with Crippen LogP contribution in [-0.2, 0) is 22.5 Å². The second kappa shape index (κ2) is 8.15. The van der Waals surface area contributed by atoms with Crippen molar-refractivity contribution >= 4 is 17.3 Å². The van der Waals surface area contributed by atoms with Gasteiger partial charge in [-0.3, -0.25) is 0 Å². The van der Waals surface area contributed by atoms with Crippen LogP contribution in [0.2, 0.25) is 0 Å². The summed E-state index contributed by atoms with van der Waals surface area (Å²) in [5.74, 6) is 2.73. The Labute approximate surface area is 166 Å². The first kappa shape index (κ1) is 20.1. The summed E-state index contributed by atoms with van der Waals surface area (Å²) in [6.45, 7) is 3.02. The molecule has 4 saturated carbocycles. The largest absolute Gasteiger partial charge is 1.00 e. The highest BCUT2D eigenvalue weighted by atomic mass is 35.5. The van der Waals surface area contributed by atoms with Gasteiger partial charge in [0.2, 0.25) is 12.1 Å². The maximum atomic E-state index is 12.2. The van der Waals surface area contributed by atoms with Crippen LogP contribution in [0.1, 0.15) is 55.5 Å². The molecule has 0 unspecified atom stereocenters. The predicted molar refractivity (Wildman–Crippen MR) is 96.2 cm³/mol. The van der Waals surface area contributed by atoms with E-state index in [-0.39, 0.29) is 31.5 Å². The molecule has 1 heterocycles. The number of aromatic nitrogens is 1. The molecule has 4 aliphatic carbocycles. The lowest BCUT2D eigenvalue weighted by molar-refractivity contribution is -0.687. The predicted octanol–water partition coefficient (Wildman–Crippen LogP) is 0.0325. The zero-order chi connectivity index (χ0) is 17.4. The minimum absolute atomic E-state index is 0. The second-order valence-corrected chi connectivity index (χ2v) is 9.66. The Kier molecular flexibility index (Phi) is 6.30. The van der Waals surface area contributed by atoms with Crippen molar-refractivity contribution in [3.05, 3.63) is 16.1 Å². The highest BCUT2D eigenvalue weighted by Gasteiger charge is 2.50. The molecule has 0 atom stereocenters. The number of rotatable bonds is 7. The molecule has 1 aromatic rings. The number of carbonyl (C=O) groups excluding carboxylic acids is 1. The van der Waals surface area contributed by atoms with Crippen molar-refractivity contribution in [1.82, 2.24) is 0 Å². The summed E-state index contributed by atoms with van der Waals surface area (Å²) >= 11 is 1.60. The van der Waals surface area contributed by atoms with Crippen LogP contribution in [-0.4, -0.2) is 24.3 Å². The molecule has 146 valence electrons. The average molecular weight is 400 g/mol. The summed E-state index contributed by atoms with van der Waals surface area (Å²) in [4.78, 5) is 13.4. The zero-order valence-electron chi connectivity index (χ0n) is 15.6. The molecule has 0 saturated heterocycles. The van der Waals surface area contributed by atoms with E-state index >= 15 is 0 Å². The minimum Gasteiger partial charge on any atom is -1.00 e. The zero-order valence-corrected chi connectivity index (χ0v) is 17.2. The van der Waals surface area contributed by atoms with Crippen LogP contribution in [0.25, 0.3) is 0 Å². The fourth-order valence-electron chi connectivity index (χ4n) is 6.11. The molecule has 4 fully saturated rings. The Morgan fingerprint density at radius 3 is 2.46 bits per heavy atom. The lowest BCUT2D eigenvalue weighted by atomic mass is 9.49. The number of thiazole rings is 1.